The molecule has 0 bridgehead atoms. The summed E-state index contributed by atoms with van der Waals surface area (Å²) in [6.45, 7) is 1.68. The number of alkyl halides is 2. The summed E-state index contributed by atoms with van der Waals surface area (Å²) in [6.07, 6.45) is 4.14. The van der Waals surface area contributed by atoms with Gasteiger partial charge in [0.1, 0.15) is 11.4 Å². The van der Waals surface area contributed by atoms with E-state index in [0.717, 1.165) is 25.7 Å². The molecule has 1 amide bonds. The third-order valence-corrected chi connectivity index (χ3v) is 5.98. The van der Waals surface area contributed by atoms with Crippen LogP contribution in [0, 0.1) is 5.92 Å². The molecule has 4 heterocycles. The van der Waals surface area contributed by atoms with E-state index < -0.39 is 5.92 Å². The lowest BCUT2D eigenvalue weighted by molar-refractivity contribution is -0.109. The van der Waals surface area contributed by atoms with Gasteiger partial charge in [-0.05, 0) is 43.7 Å². The quantitative estimate of drug-likeness (QED) is 0.786. The van der Waals surface area contributed by atoms with Gasteiger partial charge in [0.25, 0.3) is 11.8 Å². The maximum atomic E-state index is 13.3. The van der Waals surface area contributed by atoms with Crippen LogP contribution in [-0.2, 0) is 4.74 Å². The third kappa shape index (κ3) is 3.03. The molecule has 0 aromatic carbocycles. The molecule has 1 saturated carbocycles. The summed E-state index contributed by atoms with van der Waals surface area (Å²) in [5.74, 6) is -2.01. The van der Waals surface area contributed by atoms with Crippen LogP contribution in [0.2, 0.25) is 0 Å². The van der Waals surface area contributed by atoms with E-state index in [0.29, 0.717) is 49.5 Å². The number of carbonyl (C=O) groups excluding carboxylic acids is 1. The number of likely N-dealkylation sites (tertiary alicyclic amines) is 1. The summed E-state index contributed by atoms with van der Waals surface area (Å²) in [6, 6.07) is 3.32. The Morgan fingerprint density at radius 3 is 2.70 bits per heavy atom. The van der Waals surface area contributed by atoms with Crippen LogP contribution in [0.5, 0.6) is 5.88 Å². The molecule has 5 rings (SSSR count). The van der Waals surface area contributed by atoms with Gasteiger partial charge in [0, 0.05) is 6.54 Å². The number of anilines is 1. The second-order valence-corrected chi connectivity index (χ2v) is 8.26. The summed E-state index contributed by atoms with van der Waals surface area (Å²) < 4.78 is 37.8. The van der Waals surface area contributed by atoms with Gasteiger partial charge < -0.3 is 19.3 Å². The monoisotopic (exact) mass is 379 g/mol. The molecule has 3 aliphatic heterocycles. The smallest absolute Gasteiger partial charge is 0.282 e. The van der Waals surface area contributed by atoms with Crippen LogP contribution in [0.25, 0.3) is 0 Å². The lowest BCUT2D eigenvalue weighted by Crippen LogP contribution is -2.60. The molecule has 1 spiro atoms. The average molecular weight is 379 g/mol. The first-order chi connectivity index (χ1) is 13.0. The van der Waals surface area contributed by atoms with E-state index in [1.54, 1.807) is 17.0 Å². The summed E-state index contributed by atoms with van der Waals surface area (Å²) in [4.78, 5) is 20.9. The number of aromatic nitrogens is 1. The molecular formula is C19H23F2N3O3. The van der Waals surface area contributed by atoms with E-state index in [9.17, 15) is 13.6 Å². The molecule has 1 aliphatic carbocycles. The predicted molar refractivity (Wildman–Crippen MR) is 93.4 cm³/mol. The molecule has 6 nitrogen and oxygen atoms in total. The predicted octanol–water partition coefficient (Wildman–Crippen LogP) is 2.33. The van der Waals surface area contributed by atoms with Crippen molar-refractivity contribution >= 4 is 11.6 Å². The maximum Gasteiger partial charge on any atom is 0.282 e. The standard InChI is InChI=1S/C19H23F2N3O3/c20-19(21)9-23(10-19)15-5-4-14(22-16(15)27-8-13-2-3-13)17(25)24-7-1-6-18(24)11-26-12-18/h4-5,13H,1-3,6-12H2. The van der Waals surface area contributed by atoms with E-state index in [2.05, 4.69) is 4.98 Å². The van der Waals surface area contributed by atoms with Gasteiger partial charge in [-0.2, -0.15) is 0 Å². The van der Waals surface area contributed by atoms with Crippen LogP contribution >= 0.6 is 0 Å². The number of halogens is 2. The van der Waals surface area contributed by atoms with Gasteiger partial charge in [0.05, 0.1) is 38.4 Å². The zero-order valence-electron chi connectivity index (χ0n) is 15.1. The molecule has 3 saturated heterocycles. The highest BCUT2D eigenvalue weighted by Gasteiger charge is 2.50. The molecule has 0 N–H and O–H groups in total. The van der Waals surface area contributed by atoms with Crippen molar-refractivity contribution in [1.29, 1.82) is 0 Å². The van der Waals surface area contributed by atoms with Gasteiger partial charge >= 0.3 is 0 Å². The van der Waals surface area contributed by atoms with Crippen molar-refractivity contribution in [2.24, 2.45) is 5.92 Å². The number of amides is 1. The Morgan fingerprint density at radius 2 is 2.07 bits per heavy atom. The minimum Gasteiger partial charge on any atom is -0.476 e. The average Bonchev–Trinajstić information content (AvgIpc) is 3.31. The molecular weight excluding hydrogens is 356 g/mol. The van der Waals surface area contributed by atoms with Crippen LogP contribution < -0.4 is 9.64 Å². The Morgan fingerprint density at radius 1 is 1.30 bits per heavy atom. The molecule has 27 heavy (non-hydrogen) atoms. The van der Waals surface area contributed by atoms with Gasteiger partial charge in [-0.3, -0.25) is 4.79 Å². The zero-order valence-corrected chi connectivity index (χ0v) is 15.1. The molecule has 0 unspecified atom stereocenters. The van der Waals surface area contributed by atoms with Gasteiger partial charge in [-0.1, -0.05) is 0 Å². The number of carbonyl (C=O) groups is 1. The highest BCUT2D eigenvalue weighted by Crippen LogP contribution is 2.40. The molecule has 0 atom stereocenters. The summed E-state index contributed by atoms with van der Waals surface area (Å²) in [7, 11) is 0. The zero-order chi connectivity index (χ0) is 18.6. The van der Waals surface area contributed by atoms with Crippen molar-refractivity contribution in [2.45, 2.75) is 37.1 Å². The fraction of sp³-hybridized carbons (Fsp3) is 0.684. The van der Waals surface area contributed by atoms with Crippen molar-refractivity contribution in [3.05, 3.63) is 17.8 Å². The van der Waals surface area contributed by atoms with Crippen LogP contribution in [-0.4, -0.2) is 66.7 Å². The highest BCUT2D eigenvalue weighted by molar-refractivity contribution is 5.94. The highest BCUT2D eigenvalue weighted by atomic mass is 19.3. The molecule has 146 valence electrons. The van der Waals surface area contributed by atoms with Gasteiger partial charge in [-0.25, -0.2) is 13.8 Å². The topological polar surface area (TPSA) is 54.9 Å². The third-order valence-electron chi connectivity index (χ3n) is 5.98. The Hall–Kier alpha value is -1.96. The lowest BCUT2D eigenvalue weighted by atomic mass is 9.94. The summed E-state index contributed by atoms with van der Waals surface area (Å²) in [5, 5.41) is 0. The van der Waals surface area contributed by atoms with Crippen molar-refractivity contribution in [1.82, 2.24) is 9.88 Å². The molecule has 4 aliphatic rings. The van der Waals surface area contributed by atoms with Crippen LogP contribution in [0.3, 0.4) is 0 Å². The molecule has 8 heteroatoms. The Kier molecular flexibility index (Phi) is 3.83. The maximum absolute atomic E-state index is 13.3. The van der Waals surface area contributed by atoms with Crippen LogP contribution in [0.4, 0.5) is 14.5 Å². The lowest BCUT2D eigenvalue weighted by Gasteiger charge is -2.45. The molecule has 1 aromatic heterocycles. The number of rotatable bonds is 5. The number of hydrogen-bond acceptors (Lipinski definition) is 5. The molecule has 1 aromatic rings. The first-order valence-corrected chi connectivity index (χ1v) is 9.62. The Bertz CT molecular complexity index is 757. The minimum absolute atomic E-state index is 0.132. The second-order valence-electron chi connectivity index (χ2n) is 8.26. The normalized spacial score (nSPS) is 25.3. The van der Waals surface area contributed by atoms with Crippen molar-refractivity contribution in [2.75, 3.05) is 44.4 Å². The summed E-state index contributed by atoms with van der Waals surface area (Å²) in [5.41, 5.74) is 0.665. The van der Waals surface area contributed by atoms with E-state index in [1.165, 1.54) is 0 Å². The Labute approximate surface area is 156 Å². The SMILES string of the molecule is O=C(c1ccc(N2CC(F)(F)C2)c(OCC2CC2)n1)N1CCCC12COC2. The van der Waals surface area contributed by atoms with E-state index in [-0.39, 0.29) is 24.5 Å². The number of hydrogen-bond donors (Lipinski definition) is 0. The largest absolute Gasteiger partial charge is 0.476 e. The second kappa shape index (κ2) is 6.02. The number of pyridine rings is 1. The first kappa shape index (κ1) is 17.2. The fourth-order valence-corrected chi connectivity index (χ4v) is 4.09. The molecule has 4 fully saturated rings. The van der Waals surface area contributed by atoms with Crippen molar-refractivity contribution in [3.8, 4) is 5.88 Å². The first-order valence-electron chi connectivity index (χ1n) is 9.62. The van der Waals surface area contributed by atoms with Crippen molar-refractivity contribution in [3.63, 3.8) is 0 Å². The Balaban J connectivity index is 1.39. The van der Waals surface area contributed by atoms with Gasteiger partial charge in [-0.15, -0.1) is 0 Å². The summed E-state index contributed by atoms with van der Waals surface area (Å²) >= 11 is 0. The number of ether oxygens (including phenoxy) is 2. The van der Waals surface area contributed by atoms with E-state index >= 15 is 0 Å². The number of nitrogens with zero attached hydrogens (tertiary/aromatic N) is 3. The van der Waals surface area contributed by atoms with E-state index in [4.69, 9.17) is 9.47 Å². The van der Waals surface area contributed by atoms with Crippen LogP contribution in [0.1, 0.15) is 36.2 Å². The minimum atomic E-state index is -2.67. The molecule has 0 radical (unpaired) electrons. The van der Waals surface area contributed by atoms with Gasteiger partial charge in [0.2, 0.25) is 5.88 Å². The van der Waals surface area contributed by atoms with E-state index in [1.807, 2.05) is 4.90 Å². The fourth-order valence-electron chi connectivity index (χ4n) is 4.09. The van der Waals surface area contributed by atoms with Gasteiger partial charge in [0.15, 0.2) is 0 Å². The van der Waals surface area contributed by atoms with Crippen molar-refractivity contribution < 1.29 is 23.0 Å². The van der Waals surface area contributed by atoms with Crippen LogP contribution in [0.15, 0.2) is 12.1 Å².